The molecule has 1 fully saturated rings. The average Bonchev–Trinajstić information content (AvgIpc) is 2.57. The van der Waals surface area contributed by atoms with Crippen molar-refractivity contribution in [3.05, 3.63) is 42.7 Å². The minimum absolute atomic E-state index is 0.688. The van der Waals surface area contributed by atoms with Crippen molar-refractivity contribution < 1.29 is 4.79 Å². The highest BCUT2D eigenvalue weighted by Crippen LogP contribution is 2.20. The van der Waals surface area contributed by atoms with Gasteiger partial charge in [0, 0.05) is 49.9 Å². The van der Waals surface area contributed by atoms with E-state index in [0.717, 1.165) is 37.8 Å². The molecule has 0 radical (unpaired) electrons. The number of hydrogen-bond donors (Lipinski definition) is 1. The molecule has 108 valence electrons. The van der Waals surface area contributed by atoms with E-state index in [1.54, 1.807) is 12.4 Å². The highest BCUT2D eigenvalue weighted by atomic mass is 16.1. The Morgan fingerprint density at radius 1 is 0.952 bits per heavy atom. The zero-order valence-electron chi connectivity index (χ0n) is 11.6. The number of benzene rings is 1. The zero-order chi connectivity index (χ0) is 14.5. The van der Waals surface area contributed by atoms with Crippen LogP contribution in [0.25, 0.3) is 0 Å². The monoisotopic (exact) mass is 283 g/mol. The Hall–Kier alpha value is -2.63. The van der Waals surface area contributed by atoms with Crippen molar-refractivity contribution in [3.63, 3.8) is 0 Å². The molecule has 1 aromatic carbocycles. The SMILES string of the molecule is O=CNc1ccc(N2CCN(c3ncccn3)CC2)cc1. The number of nitrogens with zero attached hydrogens (tertiary/aromatic N) is 4. The van der Waals surface area contributed by atoms with Crippen molar-refractivity contribution in [2.24, 2.45) is 0 Å². The largest absolute Gasteiger partial charge is 0.368 e. The lowest BCUT2D eigenvalue weighted by Crippen LogP contribution is -2.47. The second kappa shape index (κ2) is 6.21. The van der Waals surface area contributed by atoms with Gasteiger partial charge in [-0.3, -0.25) is 4.79 Å². The van der Waals surface area contributed by atoms with Gasteiger partial charge in [-0.05, 0) is 30.3 Å². The van der Waals surface area contributed by atoms with Gasteiger partial charge in [0.05, 0.1) is 0 Å². The summed E-state index contributed by atoms with van der Waals surface area (Å²) in [5, 5.41) is 2.64. The molecule has 1 aliphatic heterocycles. The van der Waals surface area contributed by atoms with E-state index in [0.29, 0.717) is 6.41 Å². The fraction of sp³-hybridized carbons (Fsp3) is 0.267. The summed E-state index contributed by atoms with van der Waals surface area (Å²) in [6.07, 6.45) is 4.23. The summed E-state index contributed by atoms with van der Waals surface area (Å²) in [7, 11) is 0. The van der Waals surface area contributed by atoms with Crippen molar-refractivity contribution in [2.45, 2.75) is 0 Å². The Morgan fingerprint density at radius 2 is 1.57 bits per heavy atom. The lowest BCUT2D eigenvalue weighted by atomic mass is 10.2. The highest BCUT2D eigenvalue weighted by Gasteiger charge is 2.18. The minimum atomic E-state index is 0.688. The second-order valence-electron chi connectivity index (χ2n) is 4.83. The quantitative estimate of drug-likeness (QED) is 0.859. The molecule has 2 aromatic rings. The van der Waals surface area contributed by atoms with Gasteiger partial charge in [-0.15, -0.1) is 0 Å². The lowest BCUT2D eigenvalue weighted by molar-refractivity contribution is -0.105. The van der Waals surface area contributed by atoms with E-state index < -0.39 is 0 Å². The second-order valence-corrected chi connectivity index (χ2v) is 4.83. The third-order valence-corrected chi connectivity index (χ3v) is 3.57. The summed E-state index contributed by atoms with van der Waals surface area (Å²) in [5.74, 6) is 0.794. The molecule has 6 nitrogen and oxygen atoms in total. The van der Waals surface area contributed by atoms with E-state index in [9.17, 15) is 4.79 Å². The van der Waals surface area contributed by atoms with Gasteiger partial charge in [0.1, 0.15) is 0 Å². The molecule has 0 atom stereocenters. The Bertz CT molecular complexity index is 579. The number of carbonyl (C=O) groups is 1. The molecular weight excluding hydrogens is 266 g/mol. The Kier molecular flexibility index (Phi) is 3.95. The first-order valence-electron chi connectivity index (χ1n) is 6.94. The standard InChI is InChI=1S/C15H17N5O/c21-12-18-13-2-4-14(5-3-13)19-8-10-20(11-9-19)15-16-6-1-7-17-15/h1-7,12H,8-11H2,(H,18,21). The van der Waals surface area contributed by atoms with Crippen LogP contribution < -0.4 is 15.1 Å². The number of rotatable bonds is 4. The van der Waals surface area contributed by atoms with Crippen LogP contribution in [0.2, 0.25) is 0 Å². The van der Waals surface area contributed by atoms with Crippen LogP contribution in [0.3, 0.4) is 0 Å². The number of aromatic nitrogens is 2. The molecule has 0 unspecified atom stereocenters. The number of nitrogens with one attached hydrogen (secondary N) is 1. The maximum atomic E-state index is 10.4. The molecule has 1 saturated heterocycles. The van der Waals surface area contributed by atoms with Gasteiger partial charge in [0.25, 0.3) is 0 Å². The van der Waals surface area contributed by atoms with Gasteiger partial charge in [-0.25, -0.2) is 9.97 Å². The van der Waals surface area contributed by atoms with Crippen molar-refractivity contribution >= 4 is 23.7 Å². The molecule has 2 heterocycles. The van der Waals surface area contributed by atoms with Gasteiger partial charge in [0.2, 0.25) is 12.4 Å². The number of piperazine rings is 1. The first-order chi connectivity index (χ1) is 10.4. The van der Waals surface area contributed by atoms with Gasteiger partial charge >= 0.3 is 0 Å². The Morgan fingerprint density at radius 3 is 2.19 bits per heavy atom. The van der Waals surface area contributed by atoms with Crippen LogP contribution in [-0.4, -0.2) is 42.6 Å². The Balaban J connectivity index is 1.61. The van der Waals surface area contributed by atoms with Crippen LogP contribution >= 0.6 is 0 Å². The van der Waals surface area contributed by atoms with E-state index in [-0.39, 0.29) is 0 Å². The summed E-state index contributed by atoms with van der Waals surface area (Å²) in [5.41, 5.74) is 1.98. The van der Waals surface area contributed by atoms with E-state index in [2.05, 4.69) is 25.1 Å². The van der Waals surface area contributed by atoms with E-state index >= 15 is 0 Å². The average molecular weight is 283 g/mol. The number of carbonyl (C=O) groups excluding carboxylic acids is 1. The van der Waals surface area contributed by atoms with E-state index in [4.69, 9.17) is 0 Å². The lowest BCUT2D eigenvalue weighted by Gasteiger charge is -2.36. The number of anilines is 3. The molecule has 1 aromatic heterocycles. The molecule has 3 rings (SSSR count). The summed E-state index contributed by atoms with van der Waals surface area (Å²) in [4.78, 5) is 23.5. The smallest absolute Gasteiger partial charge is 0.225 e. The first-order valence-corrected chi connectivity index (χ1v) is 6.94. The van der Waals surface area contributed by atoms with Crippen molar-refractivity contribution in [1.29, 1.82) is 0 Å². The molecular formula is C15H17N5O. The van der Waals surface area contributed by atoms with Crippen LogP contribution in [0.4, 0.5) is 17.3 Å². The fourth-order valence-corrected chi connectivity index (χ4v) is 2.46. The summed E-state index contributed by atoms with van der Waals surface area (Å²) < 4.78 is 0. The topological polar surface area (TPSA) is 61.4 Å². The zero-order valence-corrected chi connectivity index (χ0v) is 11.6. The van der Waals surface area contributed by atoms with Crippen LogP contribution in [0.15, 0.2) is 42.7 Å². The molecule has 0 aliphatic carbocycles. The summed E-state index contributed by atoms with van der Waals surface area (Å²) >= 11 is 0. The predicted octanol–water partition coefficient (Wildman–Crippen LogP) is 1.37. The molecule has 0 saturated carbocycles. The van der Waals surface area contributed by atoms with Gasteiger partial charge in [-0.1, -0.05) is 0 Å². The van der Waals surface area contributed by atoms with Gasteiger partial charge in [0.15, 0.2) is 0 Å². The van der Waals surface area contributed by atoms with Crippen LogP contribution in [-0.2, 0) is 4.79 Å². The Labute approximate surface area is 123 Å². The first kappa shape index (κ1) is 13.4. The third kappa shape index (κ3) is 3.10. The van der Waals surface area contributed by atoms with Crippen molar-refractivity contribution in [2.75, 3.05) is 41.3 Å². The fourth-order valence-electron chi connectivity index (χ4n) is 2.46. The van der Waals surface area contributed by atoms with Gasteiger partial charge < -0.3 is 15.1 Å². The molecule has 6 heteroatoms. The third-order valence-electron chi connectivity index (χ3n) is 3.57. The molecule has 1 N–H and O–H groups in total. The normalized spacial score (nSPS) is 14.9. The molecule has 1 aliphatic rings. The van der Waals surface area contributed by atoms with E-state index in [1.807, 2.05) is 30.3 Å². The maximum absolute atomic E-state index is 10.4. The van der Waals surface area contributed by atoms with Gasteiger partial charge in [-0.2, -0.15) is 0 Å². The molecule has 1 amide bonds. The number of amides is 1. The van der Waals surface area contributed by atoms with Crippen molar-refractivity contribution in [1.82, 2.24) is 9.97 Å². The molecule has 0 bridgehead atoms. The molecule has 0 spiro atoms. The molecule has 21 heavy (non-hydrogen) atoms. The summed E-state index contributed by atoms with van der Waals surface area (Å²) in [6, 6.07) is 9.71. The van der Waals surface area contributed by atoms with E-state index in [1.165, 1.54) is 5.69 Å². The number of hydrogen-bond acceptors (Lipinski definition) is 5. The summed E-state index contributed by atoms with van der Waals surface area (Å²) in [6.45, 7) is 3.66. The van der Waals surface area contributed by atoms with Crippen molar-refractivity contribution in [3.8, 4) is 0 Å². The van der Waals surface area contributed by atoms with Crippen LogP contribution in [0, 0.1) is 0 Å². The van der Waals surface area contributed by atoms with Crippen LogP contribution in [0.5, 0.6) is 0 Å². The van der Waals surface area contributed by atoms with Crippen LogP contribution in [0.1, 0.15) is 0 Å². The maximum Gasteiger partial charge on any atom is 0.225 e. The minimum Gasteiger partial charge on any atom is -0.368 e. The highest BCUT2D eigenvalue weighted by molar-refractivity contribution is 5.72. The predicted molar refractivity (Wildman–Crippen MR) is 82.6 cm³/mol.